The standard InChI is InChI=1S/C19H12ClFN2O3/c20-15-5-2-8-22-17(15)14-7-6-11(10-16(14)21)18(24)23-13-4-1-3-12(9-13)19(25)26/h1-10H,(H,23,24)(H,25,26). The number of nitrogens with one attached hydrogen (secondary N) is 1. The smallest absolute Gasteiger partial charge is 0.335 e. The van der Waals surface area contributed by atoms with Gasteiger partial charge in [0.2, 0.25) is 0 Å². The third-order valence-corrected chi connectivity index (χ3v) is 3.92. The lowest BCUT2D eigenvalue weighted by Gasteiger charge is -2.09. The molecule has 7 heteroatoms. The van der Waals surface area contributed by atoms with Crippen molar-refractivity contribution in [2.45, 2.75) is 0 Å². The molecular weight excluding hydrogens is 359 g/mol. The van der Waals surface area contributed by atoms with Crippen LogP contribution >= 0.6 is 11.6 Å². The average Bonchev–Trinajstić information content (AvgIpc) is 2.62. The first-order chi connectivity index (χ1) is 12.5. The predicted octanol–water partition coefficient (Wildman–Crippen LogP) is 4.49. The molecule has 5 nitrogen and oxygen atoms in total. The Morgan fingerprint density at radius 1 is 1.04 bits per heavy atom. The Morgan fingerprint density at radius 3 is 2.54 bits per heavy atom. The van der Waals surface area contributed by atoms with Crippen molar-refractivity contribution in [3.8, 4) is 11.3 Å². The molecule has 0 aliphatic heterocycles. The zero-order valence-electron chi connectivity index (χ0n) is 13.2. The third-order valence-electron chi connectivity index (χ3n) is 3.61. The maximum absolute atomic E-state index is 14.4. The summed E-state index contributed by atoms with van der Waals surface area (Å²) in [5.41, 5.74) is 0.883. The van der Waals surface area contributed by atoms with E-state index >= 15 is 0 Å². The number of carboxylic acids is 1. The van der Waals surface area contributed by atoms with Crippen molar-refractivity contribution in [1.82, 2.24) is 4.98 Å². The molecule has 3 aromatic rings. The molecule has 26 heavy (non-hydrogen) atoms. The molecule has 0 bridgehead atoms. The van der Waals surface area contributed by atoms with E-state index in [9.17, 15) is 14.0 Å². The topological polar surface area (TPSA) is 79.3 Å². The minimum atomic E-state index is -1.11. The summed E-state index contributed by atoms with van der Waals surface area (Å²) >= 11 is 6.02. The number of aromatic carboxylic acids is 1. The van der Waals surface area contributed by atoms with Gasteiger partial charge in [0.1, 0.15) is 5.82 Å². The second kappa shape index (κ2) is 7.33. The van der Waals surface area contributed by atoms with E-state index in [0.717, 1.165) is 6.07 Å². The van der Waals surface area contributed by atoms with E-state index in [0.29, 0.717) is 10.7 Å². The monoisotopic (exact) mass is 370 g/mol. The Bertz CT molecular complexity index is 1010. The van der Waals surface area contributed by atoms with Crippen LogP contribution in [0.25, 0.3) is 11.3 Å². The zero-order valence-corrected chi connectivity index (χ0v) is 14.0. The molecule has 130 valence electrons. The highest BCUT2D eigenvalue weighted by Gasteiger charge is 2.14. The summed E-state index contributed by atoms with van der Waals surface area (Å²) in [6.45, 7) is 0. The molecule has 1 amide bonds. The largest absolute Gasteiger partial charge is 0.478 e. The summed E-state index contributed by atoms with van der Waals surface area (Å²) in [5, 5.41) is 11.8. The number of halogens is 2. The van der Waals surface area contributed by atoms with E-state index in [1.54, 1.807) is 18.2 Å². The Hall–Kier alpha value is -3.25. The van der Waals surface area contributed by atoms with Crippen molar-refractivity contribution in [3.05, 3.63) is 82.8 Å². The number of carbonyl (C=O) groups is 2. The summed E-state index contributed by atoms with van der Waals surface area (Å²) in [7, 11) is 0. The predicted molar refractivity (Wildman–Crippen MR) is 96.0 cm³/mol. The molecule has 0 radical (unpaired) electrons. The maximum Gasteiger partial charge on any atom is 0.335 e. The number of carboxylic acid groups (broad SMARTS) is 1. The normalized spacial score (nSPS) is 10.4. The molecule has 0 fully saturated rings. The van der Waals surface area contributed by atoms with E-state index in [1.165, 1.54) is 36.5 Å². The van der Waals surface area contributed by atoms with Crippen LogP contribution in [-0.4, -0.2) is 22.0 Å². The van der Waals surface area contributed by atoms with Gasteiger partial charge in [-0.15, -0.1) is 0 Å². The number of nitrogens with zero attached hydrogens (tertiary/aromatic N) is 1. The highest BCUT2D eigenvalue weighted by Crippen LogP contribution is 2.28. The summed E-state index contributed by atoms with van der Waals surface area (Å²) in [5.74, 6) is -2.31. The molecule has 0 unspecified atom stereocenters. The first-order valence-corrected chi connectivity index (χ1v) is 7.88. The second-order valence-electron chi connectivity index (χ2n) is 5.37. The molecule has 0 atom stereocenters. The summed E-state index contributed by atoms with van der Waals surface area (Å²) in [4.78, 5) is 27.3. The van der Waals surface area contributed by atoms with Crippen LogP contribution in [0, 0.1) is 5.82 Å². The molecule has 0 saturated carbocycles. The molecule has 2 N–H and O–H groups in total. The van der Waals surface area contributed by atoms with E-state index in [-0.39, 0.29) is 22.4 Å². The molecular formula is C19H12ClFN2O3. The highest BCUT2D eigenvalue weighted by molar-refractivity contribution is 6.33. The molecule has 2 aromatic carbocycles. The van der Waals surface area contributed by atoms with Crippen molar-refractivity contribution in [2.24, 2.45) is 0 Å². The lowest BCUT2D eigenvalue weighted by molar-refractivity contribution is 0.0696. The fraction of sp³-hybridized carbons (Fsp3) is 0. The molecule has 3 rings (SSSR count). The fourth-order valence-electron chi connectivity index (χ4n) is 2.37. The van der Waals surface area contributed by atoms with Gasteiger partial charge in [0.25, 0.3) is 5.91 Å². The molecule has 0 spiro atoms. The number of carbonyl (C=O) groups excluding carboxylic acids is 1. The summed E-state index contributed by atoms with van der Waals surface area (Å²) in [6, 6.07) is 13.0. The molecule has 0 aliphatic rings. The number of hydrogen-bond acceptors (Lipinski definition) is 3. The van der Waals surface area contributed by atoms with Crippen molar-refractivity contribution in [2.75, 3.05) is 5.32 Å². The van der Waals surface area contributed by atoms with Crippen molar-refractivity contribution < 1.29 is 19.1 Å². The second-order valence-corrected chi connectivity index (χ2v) is 5.78. The molecule has 1 aromatic heterocycles. The van der Waals surface area contributed by atoms with Gasteiger partial charge in [-0.25, -0.2) is 9.18 Å². The van der Waals surface area contributed by atoms with E-state index in [4.69, 9.17) is 16.7 Å². The number of aromatic nitrogens is 1. The van der Waals surface area contributed by atoms with Crippen molar-refractivity contribution in [3.63, 3.8) is 0 Å². The highest BCUT2D eigenvalue weighted by atomic mass is 35.5. The number of hydrogen-bond donors (Lipinski definition) is 2. The average molecular weight is 371 g/mol. The van der Waals surface area contributed by atoms with Gasteiger partial charge in [-0.2, -0.15) is 0 Å². The maximum atomic E-state index is 14.4. The van der Waals surface area contributed by atoms with Gasteiger partial charge in [0.05, 0.1) is 16.3 Å². The van der Waals surface area contributed by atoms with Crippen LogP contribution in [0.2, 0.25) is 5.02 Å². The summed E-state index contributed by atoms with van der Waals surface area (Å²) < 4.78 is 14.4. The van der Waals surface area contributed by atoms with Gasteiger partial charge >= 0.3 is 5.97 Å². The fourth-order valence-corrected chi connectivity index (χ4v) is 2.59. The minimum Gasteiger partial charge on any atom is -0.478 e. The lowest BCUT2D eigenvalue weighted by Crippen LogP contribution is -2.13. The number of pyridine rings is 1. The first-order valence-electron chi connectivity index (χ1n) is 7.51. The minimum absolute atomic E-state index is 0.0362. The van der Waals surface area contributed by atoms with E-state index in [2.05, 4.69) is 10.3 Å². The van der Waals surface area contributed by atoms with Crippen molar-refractivity contribution >= 4 is 29.2 Å². The van der Waals surface area contributed by atoms with Gasteiger partial charge in [-0.05, 0) is 48.5 Å². The van der Waals surface area contributed by atoms with E-state index in [1.807, 2.05) is 0 Å². The SMILES string of the molecule is O=C(O)c1cccc(NC(=O)c2ccc(-c3ncccc3Cl)c(F)c2)c1. The van der Waals surface area contributed by atoms with Gasteiger partial charge < -0.3 is 10.4 Å². The van der Waals surface area contributed by atoms with Crippen LogP contribution in [0.1, 0.15) is 20.7 Å². The number of amides is 1. The van der Waals surface area contributed by atoms with Crippen molar-refractivity contribution in [1.29, 1.82) is 0 Å². The first kappa shape index (κ1) is 17.6. The number of rotatable bonds is 4. The van der Waals surface area contributed by atoms with Crippen LogP contribution in [0.15, 0.2) is 60.8 Å². The number of benzene rings is 2. The third kappa shape index (κ3) is 3.70. The number of anilines is 1. The van der Waals surface area contributed by atoms with Gasteiger partial charge in [-0.1, -0.05) is 17.7 Å². The lowest BCUT2D eigenvalue weighted by atomic mass is 10.1. The Labute approximate surface area is 153 Å². The Kier molecular flexibility index (Phi) is 4.95. The van der Waals surface area contributed by atoms with Gasteiger partial charge in [0.15, 0.2) is 0 Å². The molecule has 0 aliphatic carbocycles. The van der Waals surface area contributed by atoms with Gasteiger partial charge in [0, 0.05) is 23.0 Å². The quantitative estimate of drug-likeness (QED) is 0.709. The van der Waals surface area contributed by atoms with Crippen LogP contribution in [-0.2, 0) is 0 Å². The van der Waals surface area contributed by atoms with Crippen LogP contribution in [0.3, 0.4) is 0 Å². The van der Waals surface area contributed by atoms with Crippen LogP contribution < -0.4 is 5.32 Å². The zero-order chi connectivity index (χ0) is 18.7. The Balaban J connectivity index is 1.85. The summed E-state index contributed by atoms with van der Waals surface area (Å²) in [6.07, 6.45) is 1.50. The molecule has 0 saturated heterocycles. The Morgan fingerprint density at radius 2 is 1.85 bits per heavy atom. The van der Waals surface area contributed by atoms with Gasteiger partial charge in [-0.3, -0.25) is 9.78 Å². The van der Waals surface area contributed by atoms with E-state index < -0.39 is 17.7 Å². The van der Waals surface area contributed by atoms with Crippen LogP contribution in [0.4, 0.5) is 10.1 Å². The molecule has 1 heterocycles. The van der Waals surface area contributed by atoms with Crippen LogP contribution in [0.5, 0.6) is 0 Å².